The van der Waals surface area contributed by atoms with E-state index in [1.54, 1.807) is 18.4 Å². The first-order valence-corrected chi connectivity index (χ1v) is 8.49. The third kappa shape index (κ3) is 2.93. The van der Waals surface area contributed by atoms with Crippen LogP contribution in [0.5, 0.6) is 5.75 Å². The summed E-state index contributed by atoms with van der Waals surface area (Å²) < 4.78 is 5.45. The van der Waals surface area contributed by atoms with E-state index >= 15 is 0 Å². The zero-order valence-corrected chi connectivity index (χ0v) is 13.9. The number of fused-ring (bicyclic) bond motifs is 1. The molecule has 5 heteroatoms. The standard InChI is InChI=1S/C16H19ClN2OS/c1-3-18-12-5-4-6-13-15(12)21-16(19-13)11-8-7-10(17)9-14(11)20-2/h7-9,12,18H,3-6H2,1-2H3. The quantitative estimate of drug-likeness (QED) is 0.902. The Hall–Kier alpha value is -1.10. The van der Waals surface area contributed by atoms with Gasteiger partial charge in [0.1, 0.15) is 10.8 Å². The Morgan fingerprint density at radius 1 is 1.48 bits per heavy atom. The molecule has 2 aromatic rings. The van der Waals surface area contributed by atoms with Crippen LogP contribution >= 0.6 is 22.9 Å². The second kappa shape index (κ2) is 6.34. The van der Waals surface area contributed by atoms with Crippen molar-refractivity contribution in [2.75, 3.05) is 13.7 Å². The predicted molar refractivity (Wildman–Crippen MR) is 88.5 cm³/mol. The molecule has 0 saturated carbocycles. The lowest BCUT2D eigenvalue weighted by Gasteiger charge is -2.21. The van der Waals surface area contributed by atoms with Gasteiger partial charge < -0.3 is 10.1 Å². The molecule has 1 aromatic heterocycles. The summed E-state index contributed by atoms with van der Waals surface area (Å²) in [5.74, 6) is 0.786. The maximum absolute atomic E-state index is 6.04. The van der Waals surface area contributed by atoms with Gasteiger partial charge in [0.05, 0.1) is 18.4 Å². The minimum Gasteiger partial charge on any atom is -0.496 e. The topological polar surface area (TPSA) is 34.2 Å². The number of benzene rings is 1. The number of nitrogens with one attached hydrogen (secondary N) is 1. The van der Waals surface area contributed by atoms with Crippen LogP contribution in [0.3, 0.4) is 0 Å². The van der Waals surface area contributed by atoms with Crippen molar-refractivity contribution in [1.29, 1.82) is 0 Å². The zero-order valence-electron chi connectivity index (χ0n) is 12.3. The third-order valence-electron chi connectivity index (χ3n) is 3.79. The number of hydrogen-bond acceptors (Lipinski definition) is 4. The fraction of sp³-hybridized carbons (Fsp3) is 0.438. The van der Waals surface area contributed by atoms with E-state index < -0.39 is 0 Å². The highest BCUT2D eigenvalue weighted by Gasteiger charge is 2.25. The zero-order chi connectivity index (χ0) is 14.8. The smallest absolute Gasteiger partial charge is 0.130 e. The van der Waals surface area contributed by atoms with E-state index in [1.165, 1.54) is 23.4 Å². The van der Waals surface area contributed by atoms with Crippen molar-refractivity contribution in [3.05, 3.63) is 33.8 Å². The van der Waals surface area contributed by atoms with E-state index in [4.69, 9.17) is 21.3 Å². The molecular weight excluding hydrogens is 304 g/mol. The maximum atomic E-state index is 6.04. The molecule has 1 aromatic carbocycles. The second-order valence-corrected chi connectivity index (χ2v) is 6.64. The number of methoxy groups -OCH3 is 1. The summed E-state index contributed by atoms with van der Waals surface area (Å²) in [5.41, 5.74) is 2.26. The van der Waals surface area contributed by atoms with Gasteiger partial charge in [0, 0.05) is 15.9 Å². The molecule has 112 valence electrons. The molecule has 1 N–H and O–H groups in total. The Labute approximate surface area is 134 Å². The number of nitrogens with zero attached hydrogens (tertiary/aromatic N) is 1. The SMILES string of the molecule is CCNC1CCCc2nc(-c3ccc(Cl)cc3OC)sc21. The minimum absolute atomic E-state index is 0.447. The van der Waals surface area contributed by atoms with E-state index in [2.05, 4.69) is 12.2 Å². The molecule has 3 nitrogen and oxygen atoms in total. The number of halogens is 1. The van der Waals surface area contributed by atoms with Gasteiger partial charge in [-0.2, -0.15) is 0 Å². The van der Waals surface area contributed by atoms with E-state index in [0.717, 1.165) is 29.3 Å². The van der Waals surface area contributed by atoms with Crippen LogP contribution < -0.4 is 10.1 Å². The Balaban J connectivity index is 2.01. The minimum atomic E-state index is 0.447. The van der Waals surface area contributed by atoms with Crippen molar-refractivity contribution in [2.24, 2.45) is 0 Å². The Kier molecular flexibility index (Phi) is 4.48. The lowest BCUT2D eigenvalue weighted by Crippen LogP contribution is -2.23. The van der Waals surface area contributed by atoms with Gasteiger partial charge in [-0.15, -0.1) is 11.3 Å². The van der Waals surface area contributed by atoms with E-state index in [9.17, 15) is 0 Å². The fourth-order valence-electron chi connectivity index (χ4n) is 2.82. The molecule has 0 aliphatic heterocycles. The number of aryl methyl sites for hydroxylation is 1. The predicted octanol–water partition coefficient (Wildman–Crippen LogP) is 4.46. The first kappa shape index (κ1) is 14.8. The van der Waals surface area contributed by atoms with Crippen molar-refractivity contribution in [1.82, 2.24) is 10.3 Å². The van der Waals surface area contributed by atoms with Gasteiger partial charge in [-0.05, 0) is 44.0 Å². The molecule has 1 heterocycles. The number of ether oxygens (including phenoxy) is 1. The number of rotatable bonds is 4. The summed E-state index contributed by atoms with van der Waals surface area (Å²) in [6.07, 6.45) is 3.47. The van der Waals surface area contributed by atoms with Crippen LogP contribution in [0, 0.1) is 0 Å². The molecule has 0 spiro atoms. The largest absolute Gasteiger partial charge is 0.496 e. The number of thiazole rings is 1. The Morgan fingerprint density at radius 2 is 2.33 bits per heavy atom. The number of aromatic nitrogens is 1. The van der Waals surface area contributed by atoms with Gasteiger partial charge in [-0.3, -0.25) is 0 Å². The first-order valence-electron chi connectivity index (χ1n) is 7.29. The summed E-state index contributed by atoms with van der Waals surface area (Å²) in [6, 6.07) is 6.18. The summed E-state index contributed by atoms with van der Waals surface area (Å²) in [6.45, 7) is 3.14. The van der Waals surface area contributed by atoms with Gasteiger partial charge in [-0.25, -0.2) is 4.98 Å². The first-order chi connectivity index (χ1) is 10.2. The third-order valence-corrected chi connectivity index (χ3v) is 5.27. The fourth-order valence-corrected chi connectivity index (χ4v) is 4.23. The van der Waals surface area contributed by atoms with Crippen molar-refractivity contribution in [2.45, 2.75) is 32.2 Å². The van der Waals surface area contributed by atoms with Gasteiger partial charge >= 0.3 is 0 Å². The molecule has 0 fully saturated rings. The molecule has 3 rings (SSSR count). The second-order valence-electron chi connectivity index (χ2n) is 5.18. The van der Waals surface area contributed by atoms with Crippen LogP contribution in [0.4, 0.5) is 0 Å². The highest BCUT2D eigenvalue weighted by atomic mass is 35.5. The van der Waals surface area contributed by atoms with Gasteiger partial charge in [0.25, 0.3) is 0 Å². The van der Waals surface area contributed by atoms with E-state index in [0.29, 0.717) is 11.1 Å². The summed E-state index contributed by atoms with van der Waals surface area (Å²) in [7, 11) is 1.67. The van der Waals surface area contributed by atoms with Crippen molar-refractivity contribution >= 4 is 22.9 Å². The van der Waals surface area contributed by atoms with Gasteiger partial charge in [-0.1, -0.05) is 18.5 Å². The van der Waals surface area contributed by atoms with Crippen LogP contribution in [0.1, 0.15) is 36.4 Å². The molecule has 1 aliphatic carbocycles. The number of hydrogen-bond donors (Lipinski definition) is 1. The molecular formula is C16H19ClN2OS. The summed E-state index contributed by atoms with van der Waals surface area (Å²) in [5, 5.41) is 5.27. The molecule has 1 atom stereocenters. The van der Waals surface area contributed by atoms with Gasteiger partial charge in [0.2, 0.25) is 0 Å². The molecule has 21 heavy (non-hydrogen) atoms. The molecule has 1 aliphatic rings. The van der Waals surface area contributed by atoms with Crippen molar-refractivity contribution in [3.63, 3.8) is 0 Å². The maximum Gasteiger partial charge on any atom is 0.130 e. The molecule has 0 bridgehead atoms. The van der Waals surface area contributed by atoms with Crippen LogP contribution in [-0.2, 0) is 6.42 Å². The van der Waals surface area contributed by atoms with Crippen LogP contribution in [-0.4, -0.2) is 18.6 Å². The Bertz CT molecular complexity index is 641. The van der Waals surface area contributed by atoms with E-state index in [1.807, 2.05) is 18.2 Å². The average molecular weight is 323 g/mol. The molecule has 0 amide bonds. The van der Waals surface area contributed by atoms with E-state index in [-0.39, 0.29) is 0 Å². The van der Waals surface area contributed by atoms with Gasteiger partial charge in [0.15, 0.2) is 0 Å². The lowest BCUT2D eigenvalue weighted by atomic mass is 9.98. The normalized spacial score (nSPS) is 17.6. The van der Waals surface area contributed by atoms with Crippen molar-refractivity contribution in [3.8, 4) is 16.3 Å². The molecule has 0 radical (unpaired) electrons. The highest BCUT2D eigenvalue weighted by Crippen LogP contribution is 2.41. The lowest BCUT2D eigenvalue weighted by molar-refractivity contribution is 0.416. The summed E-state index contributed by atoms with van der Waals surface area (Å²) in [4.78, 5) is 6.23. The molecule has 0 saturated heterocycles. The van der Waals surface area contributed by atoms with Crippen molar-refractivity contribution < 1.29 is 4.74 Å². The Morgan fingerprint density at radius 3 is 3.10 bits per heavy atom. The summed E-state index contributed by atoms with van der Waals surface area (Å²) >= 11 is 7.82. The van der Waals surface area contributed by atoms with Crippen LogP contribution in [0.25, 0.3) is 10.6 Å². The molecule has 1 unspecified atom stereocenters. The average Bonchev–Trinajstić information content (AvgIpc) is 2.92. The van der Waals surface area contributed by atoms with Crippen LogP contribution in [0.2, 0.25) is 5.02 Å². The van der Waals surface area contributed by atoms with Crippen LogP contribution in [0.15, 0.2) is 18.2 Å². The highest BCUT2D eigenvalue weighted by molar-refractivity contribution is 7.15. The monoisotopic (exact) mass is 322 g/mol.